The molecule has 0 spiro atoms. The monoisotopic (exact) mass is 466 g/mol. The van der Waals surface area contributed by atoms with Crippen molar-refractivity contribution >= 4 is 13.2 Å². The Morgan fingerprint density at radius 3 is 1.37 bits per heavy atom. The highest BCUT2D eigenvalue weighted by molar-refractivity contribution is 7.76. The minimum Gasteiger partial charge on any atom is -1.00 e. The molecule has 2 nitrogen and oxygen atoms in total. The van der Waals surface area contributed by atoms with E-state index in [9.17, 15) is 4.79 Å². The summed E-state index contributed by atoms with van der Waals surface area (Å²) in [7, 11) is -1.19. The molecule has 164 valence electrons. The summed E-state index contributed by atoms with van der Waals surface area (Å²) in [6, 6.07) is 0. The molecule has 27 heavy (non-hydrogen) atoms. The second kappa shape index (κ2) is 21.1. The first-order valence-corrected chi connectivity index (χ1v) is 14.2. The summed E-state index contributed by atoms with van der Waals surface area (Å²) in [5, 5.41) is 0. The smallest absolute Gasteiger partial charge is 0.343 e. The molecule has 0 amide bonds. The van der Waals surface area contributed by atoms with Crippen LogP contribution in [-0.4, -0.2) is 37.2 Å². The maximum atomic E-state index is 12.5. The summed E-state index contributed by atoms with van der Waals surface area (Å²) < 4.78 is 5.52. The zero-order valence-corrected chi connectivity index (χ0v) is 21.4. The van der Waals surface area contributed by atoms with Gasteiger partial charge in [-0.05, 0) is 44.9 Å². The molecule has 0 fully saturated rings. The number of hydrogen-bond donors (Lipinski definition) is 0. The Hall–Kier alpha value is 0.380. The van der Waals surface area contributed by atoms with Crippen molar-refractivity contribution in [2.24, 2.45) is 0 Å². The minimum absolute atomic E-state index is 0. The quantitative estimate of drug-likeness (QED) is 0.156. The predicted octanol–water partition coefficient (Wildman–Crippen LogP) is 4.70. The third-order valence-electron chi connectivity index (χ3n) is 5.39. The van der Waals surface area contributed by atoms with E-state index in [1.807, 2.05) is 0 Å². The maximum Gasteiger partial charge on any atom is 0.343 e. The van der Waals surface area contributed by atoms with Crippen molar-refractivity contribution in [3.8, 4) is 0 Å². The average molecular weight is 468 g/mol. The van der Waals surface area contributed by atoms with Crippen molar-refractivity contribution in [1.29, 1.82) is 0 Å². The van der Waals surface area contributed by atoms with Gasteiger partial charge in [0.05, 0.1) is 25.1 Å². The largest absolute Gasteiger partial charge is 1.00 e. The molecular weight excluding hydrogens is 419 g/mol. The maximum absolute atomic E-state index is 12.5. The van der Waals surface area contributed by atoms with E-state index in [0.717, 1.165) is 12.6 Å². The van der Waals surface area contributed by atoms with Crippen LogP contribution in [0.15, 0.2) is 0 Å². The van der Waals surface area contributed by atoms with E-state index in [2.05, 4.69) is 27.7 Å². The molecule has 0 aromatic carbocycles. The van der Waals surface area contributed by atoms with E-state index >= 15 is 0 Å². The van der Waals surface area contributed by atoms with E-state index < -0.39 is 7.26 Å². The molecule has 0 heterocycles. The van der Waals surface area contributed by atoms with Crippen molar-refractivity contribution in [2.45, 2.75) is 111 Å². The fraction of sp³-hybridized carbons (Fsp3) is 0.957. The number of carbonyl (C=O) groups excluding carboxylic acids is 1. The van der Waals surface area contributed by atoms with Crippen LogP contribution in [0.3, 0.4) is 0 Å². The zero-order chi connectivity index (χ0) is 19.5. The molecule has 0 N–H and O–H groups in total. The molecule has 0 aromatic rings. The second-order valence-corrected chi connectivity index (χ2v) is 12.4. The van der Waals surface area contributed by atoms with Gasteiger partial charge in [-0.25, -0.2) is 4.79 Å². The van der Waals surface area contributed by atoms with E-state index in [-0.39, 0.29) is 23.0 Å². The molecule has 0 aliphatic carbocycles. The number of rotatable bonds is 19. The van der Waals surface area contributed by atoms with Crippen LogP contribution in [0.25, 0.3) is 0 Å². The highest BCUT2D eigenvalue weighted by atomic mass is 79.9. The number of ether oxygens (including phenoxy) is 1. The molecule has 0 aliphatic heterocycles. The van der Waals surface area contributed by atoms with E-state index in [1.54, 1.807) is 0 Å². The normalized spacial score (nSPS) is 11.3. The summed E-state index contributed by atoms with van der Waals surface area (Å²) >= 11 is 0. The third-order valence-corrected chi connectivity index (χ3v) is 10.1. The Labute approximate surface area is 182 Å². The van der Waals surface area contributed by atoms with Gasteiger partial charge in [0.2, 0.25) is 0 Å². The van der Waals surface area contributed by atoms with Crippen LogP contribution in [0, 0.1) is 0 Å². The molecule has 0 aliphatic rings. The van der Waals surface area contributed by atoms with Crippen LogP contribution in [0.4, 0.5) is 0 Å². The summed E-state index contributed by atoms with van der Waals surface area (Å²) in [4.78, 5) is 12.5. The fourth-order valence-corrected chi connectivity index (χ4v) is 8.20. The van der Waals surface area contributed by atoms with Gasteiger partial charge >= 0.3 is 5.97 Å². The third kappa shape index (κ3) is 17.0. The summed E-state index contributed by atoms with van der Waals surface area (Å²) in [5.41, 5.74) is 0. The molecule has 0 rings (SSSR count). The molecular formula is C23H48BrO2P. The lowest BCUT2D eigenvalue weighted by Crippen LogP contribution is -3.00. The minimum atomic E-state index is -1.19. The van der Waals surface area contributed by atoms with Crippen molar-refractivity contribution in [1.82, 2.24) is 0 Å². The Morgan fingerprint density at radius 2 is 1.04 bits per heavy atom. The molecule has 0 saturated heterocycles. The van der Waals surface area contributed by atoms with Gasteiger partial charge in [0.25, 0.3) is 0 Å². The molecule has 0 radical (unpaired) electrons. The van der Waals surface area contributed by atoms with Gasteiger partial charge in [-0.1, -0.05) is 66.2 Å². The number of halogens is 1. The van der Waals surface area contributed by atoms with Gasteiger partial charge in [-0.2, -0.15) is 0 Å². The Balaban J connectivity index is 0. The summed E-state index contributed by atoms with van der Waals surface area (Å²) in [6.45, 7) is 9.51. The van der Waals surface area contributed by atoms with Gasteiger partial charge in [0, 0.05) is 7.26 Å². The van der Waals surface area contributed by atoms with Crippen LogP contribution in [-0.2, 0) is 9.53 Å². The first kappa shape index (κ1) is 29.6. The first-order valence-electron chi connectivity index (χ1n) is 11.6. The van der Waals surface area contributed by atoms with Crippen molar-refractivity contribution < 1.29 is 26.5 Å². The lowest BCUT2D eigenvalue weighted by atomic mass is 10.2. The Bertz CT molecular complexity index is 292. The summed E-state index contributed by atoms with van der Waals surface area (Å²) in [6.07, 6.45) is 21.5. The molecule has 0 bridgehead atoms. The van der Waals surface area contributed by atoms with Crippen LogP contribution in [0.2, 0.25) is 0 Å². The van der Waals surface area contributed by atoms with Crippen LogP contribution in [0.1, 0.15) is 111 Å². The van der Waals surface area contributed by atoms with Gasteiger partial charge < -0.3 is 21.7 Å². The zero-order valence-electron chi connectivity index (χ0n) is 18.9. The number of unbranched alkanes of at least 4 members (excludes halogenated alkanes) is 9. The van der Waals surface area contributed by atoms with E-state index in [0.29, 0.717) is 6.61 Å². The lowest BCUT2D eigenvalue weighted by Gasteiger charge is -2.27. The second-order valence-electron chi connectivity index (χ2n) is 8.07. The van der Waals surface area contributed by atoms with Gasteiger partial charge in [-0.3, -0.25) is 0 Å². The summed E-state index contributed by atoms with van der Waals surface area (Å²) in [5.74, 6) is 0.0988. The Morgan fingerprint density at radius 1 is 0.630 bits per heavy atom. The van der Waals surface area contributed by atoms with Gasteiger partial charge in [-0.15, -0.1) is 0 Å². The van der Waals surface area contributed by atoms with Crippen molar-refractivity contribution in [3.05, 3.63) is 0 Å². The van der Waals surface area contributed by atoms with E-state index in [4.69, 9.17) is 4.74 Å². The van der Waals surface area contributed by atoms with E-state index in [1.165, 1.54) is 95.5 Å². The Kier molecular flexibility index (Phi) is 23.1. The molecule has 0 aromatic heterocycles. The van der Waals surface area contributed by atoms with Gasteiger partial charge in [0.15, 0.2) is 6.16 Å². The average Bonchev–Trinajstić information content (AvgIpc) is 2.64. The SMILES string of the molecule is CCCCCC[P+](CCCCCC)(CCCCCC)CC(=O)OCCC.[Br-]. The fourth-order valence-electron chi connectivity index (χ4n) is 3.73. The highest BCUT2D eigenvalue weighted by Crippen LogP contribution is 2.60. The number of hydrogen-bond acceptors (Lipinski definition) is 2. The van der Waals surface area contributed by atoms with Crippen LogP contribution < -0.4 is 17.0 Å². The lowest BCUT2D eigenvalue weighted by molar-refractivity contribution is -0.140. The number of esters is 1. The standard InChI is InChI=1S/C23H48O2P.BrH/c1-5-9-12-15-19-26(20-16-13-10-6-2,21-17-14-11-7-3)22-23(24)25-18-8-4;/h5-22H2,1-4H3;1H/q+1;/p-1. The van der Waals surface area contributed by atoms with Crippen molar-refractivity contribution in [2.75, 3.05) is 31.3 Å². The van der Waals surface area contributed by atoms with Crippen LogP contribution >= 0.6 is 7.26 Å². The molecule has 4 heteroatoms. The molecule has 0 saturated carbocycles. The van der Waals surface area contributed by atoms with Gasteiger partial charge in [0.1, 0.15) is 0 Å². The predicted molar refractivity (Wildman–Crippen MR) is 120 cm³/mol. The topological polar surface area (TPSA) is 26.3 Å². The first-order chi connectivity index (χ1) is 12.6. The van der Waals surface area contributed by atoms with Crippen molar-refractivity contribution in [3.63, 3.8) is 0 Å². The molecule has 0 unspecified atom stereocenters. The highest BCUT2D eigenvalue weighted by Gasteiger charge is 2.38. The van der Waals surface area contributed by atoms with Crippen LogP contribution in [0.5, 0.6) is 0 Å². The molecule has 0 atom stereocenters. The number of carbonyl (C=O) groups is 1.